The summed E-state index contributed by atoms with van der Waals surface area (Å²) in [7, 11) is 0. The Morgan fingerprint density at radius 2 is 2.23 bits per heavy atom. The highest BCUT2D eigenvalue weighted by Gasteiger charge is 2.05. The number of hydrogen-bond acceptors (Lipinski definition) is 1. The molecule has 0 aliphatic rings. The zero-order valence-corrected chi connectivity index (χ0v) is 7.92. The molecule has 0 amide bonds. The van der Waals surface area contributed by atoms with Crippen molar-refractivity contribution in [3.8, 4) is 0 Å². The van der Waals surface area contributed by atoms with E-state index in [0.29, 0.717) is 17.5 Å². The van der Waals surface area contributed by atoms with E-state index >= 15 is 0 Å². The molecule has 1 N–H and O–H groups in total. The monoisotopic (exact) mass is 181 g/mol. The summed E-state index contributed by atoms with van der Waals surface area (Å²) in [5.74, 6) is -0.192. The van der Waals surface area contributed by atoms with Crippen LogP contribution in [0.2, 0.25) is 0 Å². The highest BCUT2D eigenvalue weighted by molar-refractivity contribution is 5.30. The van der Waals surface area contributed by atoms with Gasteiger partial charge in [-0.3, -0.25) is 0 Å². The summed E-state index contributed by atoms with van der Waals surface area (Å²) in [4.78, 5) is 0. The Labute approximate surface area is 78.2 Å². The highest BCUT2D eigenvalue weighted by Crippen LogP contribution is 2.15. The van der Waals surface area contributed by atoms with E-state index in [4.69, 9.17) is 5.11 Å². The third-order valence-corrected chi connectivity index (χ3v) is 1.90. The van der Waals surface area contributed by atoms with E-state index in [9.17, 15) is 4.39 Å². The lowest BCUT2D eigenvalue weighted by molar-refractivity contribution is 0.195. The van der Waals surface area contributed by atoms with Gasteiger partial charge in [-0.05, 0) is 37.8 Å². The first-order valence-electron chi connectivity index (χ1n) is 4.37. The minimum atomic E-state index is -0.417. The number of halogens is 1. The van der Waals surface area contributed by atoms with Gasteiger partial charge in [-0.25, -0.2) is 4.39 Å². The molecule has 1 radical (unpaired) electrons. The van der Waals surface area contributed by atoms with Gasteiger partial charge in [-0.15, -0.1) is 0 Å². The molecule has 1 aromatic rings. The van der Waals surface area contributed by atoms with Crippen LogP contribution >= 0.6 is 0 Å². The zero-order valence-electron chi connectivity index (χ0n) is 7.92. The fourth-order valence-electron chi connectivity index (χ4n) is 1.13. The number of benzene rings is 1. The van der Waals surface area contributed by atoms with Gasteiger partial charge in [0.1, 0.15) is 5.82 Å². The van der Waals surface area contributed by atoms with E-state index in [1.165, 1.54) is 0 Å². The molecule has 71 valence electrons. The van der Waals surface area contributed by atoms with Gasteiger partial charge in [0.15, 0.2) is 0 Å². The van der Waals surface area contributed by atoms with Gasteiger partial charge < -0.3 is 5.11 Å². The van der Waals surface area contributed by atoms with Gasteiger partial charge >= 0.3 is 0 Å². The maximum atomic E-state index is 13.3. The summed E-state index contributed by atoms with van der Waals surface area (Å²) < 4.78 is 13.3. The fourth-order valence-corrected chi connectivity index (χ4v) is 1.13. The Balaban J connectivity index is 2.71. The molecule has 1 atom stereocenters. The summed E-state index contributed by atoms with van der Waals surface area (Å²) in [5.41, 5.74) is 1.21. The Hall–Kier alpha value is -0.890. The van der Waals surface area contributed by atoms with Crippen molar-refractivity contribution in [3.63, 3.8) is 0 Å². The molecule has 1 aromatic carbocycles. The summed E-state index contributed by atoms with van der Waals surface area (Å²) in [6.45, 7) is 3.42. The quantitative estimate of drug-likeness (QED) is 0.759. The van der Waals surface area contributed by atoms with Crippen LogP contribution in [0.25, 0.3) is 0 Å². The molecular formula is C11H14FO. The molecule has 2 heteroatoms. The van der Waals surface area contributed by atoms with Crippen molar-refractivity contribution in [2.45, 2.75) is 26.4 Å². The number of rotatable bonds is 3. The summed E-state index contributed by atoms with van der Waals surface area (Å²) in [6.07, 6.45) is 1.79. The fraction of sp³-hybridized carbons (Fsp3) is 0.364. The Kier molecular flexibility index (Phi) is 3.43. The number of aryl methyl sites for hydroxylation is 1. The molecule has 1 unspecified atom stereocenters. The molecule has 0 spiro atoms. The van der Waals surface area contributed by atoms with Crippen molar-refractivity contribution < 1.29 is 9.50 Å². The molecule has 1 rings (SSSR count). The van der Waals surface area contributed by atoms with Crippen LogP contribution in [0.4, 0.5) is 4.39 Å². The Morgan fingerprint density at radius 3 is 2.85 bits per heavy atom. The van der Waals surface area contributed by atoms with Crippen LogP contribution in [0.1, 0.15) is 24.5 Å². The van der Waals surface area contributed by atoms with Gasteiger partial charge in [-0.2, -0.15) is 0 Å². The number of aliphatic hydroxyl groups is 1. The van der Waals surface area contributed by atoms with Crippen LogP contribution in [0, 0.1) is 19.2 Å². The van der Waals surface area contributed by atoms with E-state index in [1.807, 2.05) is 6.07 Å². The third-order valence-electron chi connectivity index (χ3n) is 1.90. The molecule has 0 saturated carbocycles. The molecule has 1 nitrogen and oxygen atoms in total. The van der Waals surface area contributed by atoms with Gasteiger partial charge in [0.25, 0.3) is 0 Å². The van der Waals surface area contributed by atoms with Crippen LogP contribution in [0.3, 0.4) is 0 Å². The maximum absolute atomic E-state index is 13.3. The largest absolute Gasteiger partial charge is 0.393 e. The Morgan fingerprint density at radius 1 is 1.54 bits per heavy atom. The summed E-state index contributed by atoms with van der Waals surface area (Å²) in [5, 5.41) is 9.02. The normalized spacial score (nSPS) is 12.9. The minimum Gasteiger partial charge on any atom is -0.393 e. The standard InChI is InChI=1S/C11H14FO/c1-8-4-3-5-10(11(8)12)7-6-9(2)13/h3-5,7,9,13H,6H2,1-2H3. The number of hydrogen-bond donors (Lipinski definition) is 1. The first-order chi connectivity index (χ1) is 6.11. The molecule has 0 fully saturated rings. The van der Waals surface area contributed by atoms with Gasteiger partial charge in [0, 0.05) is 0 Å². The van der Waals surface area contributed by atoms with Crippen molar-refractivity contribution in [3.05, 3.63) is 41.6 Å². The van der Waals surface area contributed by atoms with E-state index in [-0.39, 0.29) is 5.82 Å². The molecule has 0 heterocycles. The van der Waals surface area contributed by atoms with E-state index in [1.54, 1.807) is 32.4 Å². The first kappa shape index (κ1) is 10.2. The minimum absolute atomic E-state index is 0.192. The van der Waals surface area contributed by atoms with Crippen LogP contribution < -0.4 is 0 Å². The van der Waals surface area contributed by atoms with Crippen molar-refractivity contribution in [2.24, 2.45) is 0 Å². The predicted molar refractivity (Wildman–Crippen MR) is 50.8 cm³/mol. The van der Waals surface area contributed by atoms with E-state index < -0.39 is 6.10 Å². The van der Waals surface area contributed by atoms with Gasteiger partial charge in [0.05, 0.1) is 6.10 Å². The lowest BCUT2D eigenvalue weighted by atomic mass is 10.0. The highest BCUT2D eigenvalue weighted by atomic mass is 19.1. The van der Waals surface area contributed by atoms with E-state index in [2.05, 4.69) is 0 Å². The molecular weight excluding hydrogens is 167 g/mol. The zero-order chi connectivity index (χ0) is 9.84. The lowest BCUT2D eigenvalue weighted by Crippen LogP contribution is -2.01. The average Bonchev–Trinajstić information content (AvgIpc) is 2.07. The van der Waals surface area contributed by atoms with Crippen LogP contribution in [-0.2, 0) is 0 Å². The van der Waals surface area contributed by atoms with Crippen molar-refractivity contribution >= 4 is 0 Å². The SMILES string of the molecule is Cc1cccc([CH]CC(C)O)c1F. The van der Waals surface area contributed by atoms with E-state index in [0.717, 1.165) is 0 Å². The summed E-state index contributed by atoms with van der Waals surface area (Å²) >= 11 is 0. The second-order valence-electron chi connectivity index (χ2n) is 3.27. The molecule has 0 bridgehead atoms. The van der Waals surface area contributed by atoms with Crippen LogP contribution in [0.15, 0.2) is 18.2 Å². The van der Waals surface area contributed by atoms with Crippen LogP contribution in [-0.4, -0.2) is 11.2 Å². The van der Waals surface area contributed by atoms with Crippen molar-refractivity contribution in [2.75, 3.05) is 0 Å². The predicted octanol–water partition coefficient (Wildman–Crippen LogP) is 2.46. The third kappa shape index (κ3) is 2.81. The summed E-state index contributed by atoms with van der Waals surface area (Å²) in [6, 6.07) is 5.26. The second kappa shape index (κ2) is 4.38. The first-order valence-corrected chi connectivity index (χ1v) is 4.37. The molecule has 0 saturated heterocycles. The van der Waals surface area contributed by atoms with Gasteiger partial charge in [0.2, 0.25) is 0 Å². The van der Waals surface area contributed by atoms with Crippen LogP contribution in [0.5, 0.6) is 0 Å². The average molecular weight is 181 g/mol. The molecule has 13 heavy (non-hydrogen) atoms. The number of aliphatic hydroxyl groups excluding tert-OH is 1. The molecule has 0 aliphatic carbocycles. The Bertz CT molecular complexity index is 281. The van der Waals surface area contributed by atoms with Gasteiger partial charge in [-0.1, -0.05) is 18.2 Å². The van der Waals surface area contributed by atoms with Crippen molar-refractivity contribution in [1.29, 1.82) is 0 Å². The maximum Gasteiger partial charge on any atom is 0.129 e. The second-order valence-corrected chi connectivity index (χ2v) is 3.27. The smallest absolute Gasteiger partial charge is 0.129 e. The molecule has 0 aliphatic heterocycles. The lowest BCUT2D eigenvalue weighted by Gasteiger charge is -2.06. The topological polar surface area (TPSA) is 20.2 Å². The van der Waals surface area contributed by atoms with Crippen molar-refractivity contribution in [1.82, 2.24) is 0 Å². The molecule has 0 aromatic heterocycles.